The molecule has 0 saturated carbocycles. The number of methoxy groups -OCH3 is 1. The molecule has 2 rings (SSSR count). The monoisotopic (exact) mass is 331 g/mol. The second-order valence-electron chi connectivity index (χ2n) is 4.25. The van der Waals surface area contributed by atoms with Crippen LogP contribution in [0.3, 0.4) is 0 Å². The summed E-state index contributed by atoms with van der Waals surface area (Å²) in [6.07, 6.45) is 0.899. The summed E-state index contributed by atoms with van der Waals surface area (Å²) in [5, 5.41) is 13.8. The smallest absolute Gasteiger partial charge is 0.162 e. The highest BCUT2D eigenvalue weighted by Crippen LogP contribution is 2.33. The van der Waals surface area contributed by atoms with Crippen molar-refractivity contribution in [3.63, 3.8) is 0 Å². The summed E-state index contributed by atoms with van der Waals surface area (Å²) in [6.45, 7) is 1.33. The molecule has 0 unspecified atom stereocenters. The summed E-state index contributed by atoms with van der Waals surface area (Å²) >= 11 is 13.4. The van der Waals surface area contributed by atoms with E-state index in [0.29, 0.717) is 17.3 Å². The summed E-state index contributed by atoms with van der Waals surface area (Å²) in [5.74, 6) is 0.517. The molecule has 108 valence electrons. The topological polar surface area (TPSA) is 41.5 Å². The van der Waals surface area contributed by atoms with Crippen LogP contribution in [0.5, 0.6) is 11.5 Å². The summed E-state index contributed by atoms with van der Waals surface area (Å²) in [5.41, 5.74) is 0.721. The van der Waals surface area contributed by atoms with Crippen LogP contribution in [-0.2, 0) is 13.0 Å². The Balaban J connectivity index is 1.89. The van der Waals surface area contributed by atoms with Gasteiger partial charge >= 0.3 is 0 Å². The van der Waals surface area contributed by atoms with E-state index in [0.717, 1.165) is 22.9 Å². The van der Waals surface area contributed by atoms with Crippen molar-refractivity contribution in [1.82, 2.24) is 5.32 Å². The molecule has 0 aliphatic heterocycles. The number of phenolic OH excluding ortho intramolecular Hbond substituents is 1. The highest BCUT2D eigenvalue weighted by atomic mass is 35.5. The normalized spacial score (nSPS) is 10.8. The first-order valence-corrected chi connectivity index (χ1v) is 7.67. The van der Waals surface area contributed by atoms with Gasteiger partial charge in [0.2, 0.25) is 0 Å². The Morgan fingerprint density at radius 2 is 2.10 bits per heavy atom. The third-order valence-electron chi connectivity index (χ3n) is 2.83. The van der Waals surface area contributed by atoms with Gasteiger partial charge in [0.25, 0.3) is 0 Å². The maximum Gasteiger partial charge on any atom is 0.162 e. The SMILES string of the molecule is COc1cc(Cl)cc(CNCCc2ccc(Cl)s2)c1O. The number of aromatic hydroxyl groups is 1. The van der Waals surface area contributed by atoms with Gasteiger partial charge in [-0.2, -0.15) is 0 Å². The molecule has 0 amide bonds. The van der Waals surface area contributed by atoms with E-state index < -0.39 is 0 Å². The highest BCUT2D eigenvalue weighted by Gasteiger charge is 2.09. The lowest BCUT2D eigenvalue weighted by molar-refractivity contribution is 0.369. The van der Waals surface area contributed by atoms with Gasteiger partial charge in [0.15, 0.2) is 11.5 Å². The van der Waals surface area contributed by atoms with Gasteiger partial charge in [-0.1, -0.05) is 23.2 Å². The molecule has 1 aromatic carbocycles. The largest absolute Gasteiger partial charge is 0.504 e. The molecule has 0 bridgehead atoms. The third-order valence-corrected chi connectivity index (χ3v) is 4.34. The van der Waals surface area contributed by atoms with Crippen LogP contribution in [0.15, 0.2) is 24.3 Å². The van der Waals surface area contributed by atoms with Crippen LogP contribution in [0, 0.1) is 0 Å². The van der Waals surface area contributed by atoms with Gasteiger partial charge < -0.3 is 15.2 Å². The molecule has 3 nitrogen and oxygen atoms in total. The molecular formula is C14H15Cl2NO2S. The number of ether oxygens (including phenoxy) is 1. The molecule has 0 aliphatic carbocycles. The van der Waals surface area contributed by atoms with Crippen molar-refractivity contribution < 1.29 is 9.84 Å². The predicted octanol–water partition coefficient (Wildman–Crippen LogP) is 4.10. The van der Waals surface area contributed by atoms with Crippen molar-refractivity contribution in [3.05, 3.63) is 44.1 Å². The standard InChI is InChI=1S/C14H15Cl2NO2S/c1-19-12-7-10(15)6-9(14(12)18)8-17-5-4-11-2-3-13(16)20-11/h2-3,6-7,17-18H,4-5,8H2,1H3. The van der Waals surface area contributed by atoms with Crippen LogP contribution in [0.25, 0.3) is 0 Å². The maximum atomic E-state index is 9.99. The molecule has 0 radical (unpaired) electrons. The molecule has 0 fully saturated rings. The second-order valence-corrected chi connectivity index (χ2v) is 6.48. The van der Waals surface area contributed by atoms with Gasteiger partial charge in [0, 0.05) is 34.6 Å². The number of rotatable bonds is 6. The first-order valence-electron chi connectivity index (χ1n) is 6.10. The predicted molar refractivity (Wildman–Crippen MR) is 84.4 cm³/mol. The van der Waals surface area contributed by atoms with Crippen LogP contribution in [0.1, 0.15) is 10.4 Å². The van der Waals surface area contributed by atoms with Crippen LogP contribution in [-0.4, -0.2) is 18.8 Å². The third kappa shape index (κ3) is 4.03. The zero-order chi connectivity index (χ0) is 14.5. The van der Waals surface area contributed by atoms with E-state index in [1.54, 1.807) is 23.5 Å². The zero-order valence-electron chi connectivity index (χ0n) is 11.0. The van der Waals surface area contributed by atoms with Crippen molar-refractivity contribution in [3.8, 4) is 11.5 Å². The molecule has 2 aromatic rings. The van der Waals surface area contributed by atoms with E-state index in [1.807, 2.05) is 12.1 Å². The lowest BCUT2D eigenvalue weighted by Gasteiger charge is -2.10. The van der Waals surface area contributed by atoms with E-state index in [4.69, 9.17) is 27.9 Å². The van der Waals surface area contributed by atoms with Crippen LogP contribution in [0.4, 0.5) is 0 Å². The van der Waals surface area contributed by atoms with Gasteiger partial charge in [-0.05, 0) is 24.6 Å². The van der Waals surface area contributed by atoms with Gasteiger partial charge in [-0.15, -0.1) is 11.3 Å². The van der Waals surface area contributed by atoms with Crippen molar-refractivity contribution in [2.45, 2.75) is 13.0 Å². The van der Waals surface area contributed by atoms with Gasteiger partial charge in [0.05, 0.1) is 11.4 Å². The highest BCUT2D eigenvalue weighted by molar-refractivity contribution is 7.16. The quantitative estimate of drug-likeness (QED) is 0.783. The van der Waals surface area contributed by atoms with E-state index >= 15 is 0 Å². The average molecular weight is 332 g/mol. The summed E-state index contributed by atoms with van der Waals surface area (Å²) in [4.78, 5) is 1.23. The second kappa shape index (κ2) is 7.18. The molecule has 0 spiro atoms. The first-order chi connectivity index (χ1) is 9.60. The molecule has 2 N–H and O–H groups in total. The van der Waals surface area contributed by atoms with Gasteiger partial charge in [-0.3, -0.25) is 0 Å². The summed E-state index contributed by atoms with van der Waals surface area (Å²) in [7, 11) is 1.50. The number of thiophene rings is 1. The van der Waals surface area contributed by atoms with Crippen LogP contribution < -0.4 is 10.1 Å². The Kier molecular flexibility index (Phi) is 5.54. The molecule has 0 saturated heterocycles. The summed E-state index contributed by atoms with van der Waals surface area (Å²) in [6, 6.07) is 7.24. The molecule has 0 aliphatic rings. The van der Waals surface area contributed by atoms with E-state index in [2.05, 4.69) is 5.32 Å². The minimum Gasteiger partial charge on any atom is -0.504 e. The molecule has 0 atom stereocenters. The van der Waals surface area contributed by atoms with Crippen molar-refractivity contribution in [2.75, 3.05) is 13.7 Å². The number of hydrogen-bond donors (Lipinski definition) is 2. The number of phenols is 1. The van der Waals surface area contributed by atoms with Crippen molar-refractivity contribution in [2.24, 2.45) is 0 Å². The Morgan fingerprint density at radius 3 is 2.75 bits per heavy atom. The van der Waals surface area contributed by atoms with Crippen molar-refractivity contribution >= 4 is 34.5 Å². The van der Waals surface area contributed by atoms with Gasteiger partial charge in [0.1, 0.15) is 0 Å². The number of hydrogen-bond acceptors (Lipinski definition) is 4. The van der Waals surface area contributed by atoms with E-state index in [9.17, 15) is 5.11 Å². The average Bonchev–Trinajstić information content (AvgIpc) is 2.83. The number of benzene rings is 1. The van der Waals surface area contributed by atoms with Gasteiger partial charge in [-0.25, -0.2) is 0 Å². The lowest BCUT2D eigenvalue weighted by atomic mass is 10.2. The Hall–Kier alpha value is -0.940. The van der Waals surface area contributed by atoms with E-state index in [-0.39, 0.29) is 5.75 Å². The Bertz CT molecular complexity index is 587. The minimum atomic E-state index is 0.128. The molecule has 1 aromatic heterocycles. The van der Waals surface area contributed by atoms with Crippen LogP contribution in [0.2, 0.25) is 9.36 Å². The molecular weight excluding hydrogens is 317 g/mol. The zero-order valence-corrected chi connectivity index (χ0v) is 13.3. The molecule has 20 heavy (non-hydrogen) atoms. The number of nitrogens with one attached hydrogen (secondary N) is 1. The Morgan fingerprint density at radius 1 is 1.30 bits per heavy atom. The fourth-order valence-corrected chi connectivity index (χ4v) is 3.16. The summed E-state index contributed by atoms with van der Waals surface area (Å²) < 4.78 is 5.87. The lowest BCUT2D eigenvalue weighted by Crippen LogP contribution is -2.16. The minimum absolute atomic E-state index is 0.128. The Labute approximate surface area is 132 Å². The maximum absolute atomic E-state index is 9.99. The van der Waals surface area contributed by atoms with Crippen molar-refractivity contribution in [1.29, 1.82) is 0 Å². The fourth-order valence-electron chi connectivity index (χ4n) is 1.84. The molecule has 1 heterocycles. The fraction of sp³-hybridized carbons (Fsp3) is 0.286. The molecule has 6 heteroatoms. The number of halogens is 2. The van der Waals surface area contributed by atoms with Crippen LogP contribution >= 0.6 is 34.5 Å². The van der Waals surface area contributed by atoms with E-state index in [1.165, 1.54) is 12.0 Å². The first kappa shape index (κ1) is 15.4.